The van der Waals surface area contributed by atoms with Crippen LogP contribution in [0.15, 0.2) is 48.7 Å². The summed E-state index contributed by atoms with van der Waals surface area (Å²) in [6, 6.07) is 12.5. The molecule has 4 heteroatoms. The van der Waals surface area contributed by atoms with Crippen molar-refractivity contribution in [3.63, 3.8) is 0 Å². The number of nitrogens with zero attached hydrogens (tertiary/aromatic N) is 1. The molecule has 2 aromatic rings. The number of nitrogen functional groups attached to an aromatic ring is 1. The van der Waals surface area contributed by atoms with Gasteiger partial charge < -0.3 is 11.5 Å². The molecule has 0 bridgehead atoms. The highest BCUT2D eigenvalue weighted by atomic mass is 16.1. The van der Waals surface area contributed by atoms with Gasteiger partial charge >= 0.3 is 0 Å². The summed E-state index contributed by atoms with van der Waals surface area (Å²) >= 11 is 0. The largest absolute Gasteiger partial charge is 0.383 e. The lowest BCUT2D eigenvalue weighted by Gasteiger charge is -2.24. The molecule has 2 rings (SSSR count). The normalized spacial score (nSPS) is 13.9. The number of hydrogen-bond donors (Lipinski definition) is 2. The zero-order chi connectivity index (χ0) is 13.2. The molecule has 0 aliphatic rings. The molecule has 1 heterocycles. The number of rotatable bonds is 3. The zero-order valence-electron chi connectivity index (χ0n) is 10.1. The molecule has 0 radical (unpaired) electrons. The molecule has 0 aliphatic heterocycles. The van der Waals surface area contributed by atoms with Crippen LogP contribution >= 0.6 is 0 Å². The zero-order valence-corrected chi connectivity index (χ0v) is 10.1. The van der Waals surface area contributed by atoms with Crippen molar-refractivity contribution in [2.45, 2.75) is 12.5 Å². The maximum atomic E-state index is 12.4. The minimum atomic E-state index is -1.11. The van der Waals surface area contributed by atoms with E-state index in [0.717, 1.165) is 5.56 Å². The van der Waals surface area contributed by atoms with Crippen LogP contribution in [0.1, 0.15) is 22.8 Å². The van der Waals surface area contributed by atoms with Crippen molar-refractivity contribution in [1.29, 1.82) is 0 Å². The highest BCUT2D eigenvalue weighted by Crippen LogP contribution is 2.24. The molecule has 18 heavy (non-hydrogen) atoms. The number of carbonyl (C=O) groups excluding carboxylic acids is 1. The van der Waals surface area contributed by atoms with Crippen LogP contribution < -0.4 is 11.5 Å². The van der Waals surface area contributed by atoms with Crippen LogP contribution in [0.4, 0.5) is 5.82 Å². The summed E-state index contributed by atoms with van der Waals surface area (Å²) in [5.41, 5.74) is 11.8. The van der Waals surface area contributed by atoms with E-state index in [1.165, 1.54) is 0 Å². The number of pyridine rings is 1. The summed E-state index contributed by atoms with van der Waals surface area (Å²) in [4.78, 5) is 16.4. The second-order valence-electron chi connectivity index (χ2n) is 4.33. The van der Waals surface area contributed by atoms with Crippen LogP contribution in [0.25, 0.3) is 0 Å². The van der Waals surface area contributed by atoms with Gasteiger partial charge in [-0.25, -0.2) is 4.98 Å². The average Bonchev–Trinajstić information content (AvgIpc) is 2.39. The molecule has 1 aromatic carbocycles. The van der Waals surface area contributed by atoms with E-state index in [0.29, 0.717) is 5.56 Å². The van der Waals surface area contributed by atoms with Gasteiger partial charge in [-0.05, 0) is 24.6 Å². The van der Waals surface area contributed by atoms with E-state index in [2.05, 4.69) is 4.98 Å². The minimum absolute atomic E-state index is 0.204. The Labute approximate surface area is 106 Å². The number of aromatic nitrogens is 1. The van der Waals surface area contributed by atoms with E-state index < -0.39 is 5.54 Å². The Morgan fingerprint density at radius 3 is 2.44 bits per heavy atom. The third-order valence-corrected chi connectivity index (χ3v) is 2.93. The maximum Gasteiger partial charge on any atom is 0.190 e. The van der Waals surface area contributed by atoms with Gasteiger partial charge in [0.25, 0.3) is 0 Å². The van der Waals surface area contributed by atoms with E-state index in [1.54, 1.807) is 25.3 Å². The molecule has 0 saturated heterocycles. The summed E-state index contributed by atoms with van der Waals surface area (Å²) in [6.45, 7) is 1.68. The number of benzene rings is 1. The second kappa shape index (κ2) is 4.58. The van der Waals surface area contributed by atoms with Crippen molar-refractivity contribution in [3.05, 3.63) is 59.8 Å². The minimum Gasteiger partial charge on any atom is -0.383 e. The lowest BCUT2D eigenvalue weighted by atomic mass is 9.85. The number of anilines is 1. The Morgan fingerprint density at radius 2 is 1.83 bits per heavy atom. The Kier molecular flexibility index (Phi) is 3.12. The van der Waals surface area contributed by atoms with Crippen molar-refractivity contribution < 1.29 is 4.79 Å². The second-order valence-corrected chi connectivity index (χ2v) is 4.33. The fourth-order valence-electron chi connectivity index (χ4n) is 1.80. The molecule has 0 fully saturated rings. The Balaban J connectivity index is 2.43. The van der Waals surface area contributed by atoms with E-state index in [1.807, 2.05) is 30.3 Å². The number of Topliss-reactive ketones (excluding diaryl/α,β-unsaturated/α-hetero) is 1. The Bertz CT molecular complexity index is 564. The number of nitrogens with two attached hydrogens (primary N) is 2. The third-order valence-electron chi connectivity index (χ3n) is 2.93. The highest BCUT2D eigenvalue weighted by Gasteiger charge is 2.32. The van der Waals surface area contributed by atoms with Gasteiger partial charge in [0, 0.05) is 6.20 Å². The van der Waals surface area contributed by atoms with Gasteiger partial charge in [-0.15, -0.1) is 0 Å². The molecule has 0 spiro atoms. The van der Waals surface area contributed by atoms with E-state index in [9.17, 15) is 4.79 Å². The molecular weight excluding hydrogens is 226 g/mol. The molecule has 4 nitrogen and oxygen atoms in total. The fraction of sp³-hybridized carbons (Fsp3) is 0.143. The molecule has 1 aromatic heterocycles. The van der Waals surface area contributed by atoms with Crippen molar-refractivity contribution in [2.75, 3.05) is 5.73 Å². The first kappa shape index (κ1) is 12.3. The Hall–Kier alpha value is -2.20. The van der Waals surface area contributed by atoms with E-state index in [4.69, 9.17) is 11.5 Å². The van der Waals surface area contributed by atoms with Crippen LogP contribution in [-0.4, -0.2) is 10.8 Å². The van der Waals surface area contributed by atoms with Crippen molar-refractivity contribution >= 4 is 11.6 Å². The molecule has 4 N–H and O–H groups in total. The fourth-order valence-corrected chi connectivity index (χ4v) is 1.80. The molecule has 1 unspecified atom stereocenters. The third kappa shape index (κ3) is 2.10. The monoisotopic (exact) mass is 241 g/mol. The molecule has 0 aliphatic carbocycles. The summed E-state index contributed by atoms with van der Waals surface area (Å²) in [7, 11) is 0. The maximum absolute atomic E-state index is 12.4. The molecule has 92 valence electrons. The van der Waals surface area contributed by atoms with Gasteiger partial charge in [-0.1, -0.05) is 30.3 Å². The lowest BCUT2D eigenvalue weighted by Crippen LogP contribution is -2.42. The van der Waals surface area contributed by atoms with Gasteiger partial charge in [-0.3, -0.25) is 4.79 Å². The predicted octanol–water partition coefficient (Wildman–Crippen LogP) is 1.72. The quantitative estimate of drug-likeness (QED) is 0.801. The van der Waals surface area contributed by atoms with Crippen molar-refractivity contribution in [3.8, 4) is 0 Å². The number of hydrogen-bond acceptors (Lipinski definition) is 4. The first-order valence-corrected chi connectivity index (χ1v) is 5.63. The van der Waals surface area contributed by atoms with Crippen LogP contribution in [0.2, 0.25) is 0 Å². The molecular formula is C14H15N3O. The summed E-state index contributed by atoms with van der Waals surface area (Å²) < 4.78 is 0. The number of ketones is 1. The highest BCUT2D eigenvalue weighted by molar-refractivity contribution is 6.06. The predicted molar refractivity (Wildman–Crippen MR) is 71.0 cm³/mol. The van der Waals surface area contributed by atoms with Crippen molar-refractivity contribution in [1.82, 2.24) is 4.98 Å². The average molecular weight is 241 g/mol. The van der Waals surface area contributed by atoms with Gasteiger partial charge in [0.05, 0.1) is 5.56 Å². The van der Waals surface area contributed by atoms with Crippen LogP contribution in [0, 0.1) is 0 Å². The summed E-state index contributed by atoms with van der Waals surface area (Å²) in [5, 5.41) is 0. The van der Waals surface area contributed by atoms with Gasteiger partial charge in [-0.2, -0.15) is 0 Å². The topological polar surface area (TPSA) is 82.0 Å². The lowest BCUT2D eigenvalue weighted by molar-refractivity contribution is 0.0900. The van der Waals surface area contributed by atoms with Gasteiger partial charge in [0.1, 0.15) is 11.4 Å². The SMILES string of the molecule is CC(N)(C(=O)c1cccnc1N)c1ccccc1. The van der Waals surface area contributed by atoms with Crippen LogP contribution in [0.3, 0.4) is 0 Å². The molecule has 0 amide bonds. The summed E-state index contributed by atoms with van der Waals surface area (Å²) in [5.74, 6) is -0.0330. The standard InChI is InChI=1S/C14H15N3O/c1-14(16,10-6-3-2-4-7-10)12(18)11-8-5-9-17-13(11)15/h2-9H,16H2,1H3,(H2,15,17). The summed E-state index contributed by atoms with van der Waals surface area (Å²) in [6.07, 6.45) is 1.54. The van der Waals surface area contributed by atoms with E-state index >= 15 is 0 Å². The number of carbonyl (C=O) groups is 1. The van der Waals surface area contributed by atoms with Gasteiger partial charge in [0.2, 0.25) is 0 Å². The molecule has 1 atom stereocenters. The molecule has 0 saturated carbocycles. The van der Waals surface area contributed by atoms with Crippen molar-refractivity contribution in [2.24, 2.45) is 5.73 Å². The Morgan fingerprint density at radius 1 is 1.17 bits per heavy atom. The van der Waals surface area contributed by atoms with E-state index in [-0.39, 0.29) is 11.6 Å². The first-order chi connectivity index (χ1) is 8.53. The first-order valence-electron chi connectivity index (χ1n) is 5.63. The van der Waals surface area contributed by atoms with Gasteiger partial charge in [0.15, 0.2) is 5.78 Å². The smallest absolute Gasteiger partial charge is 0.190 e. The van der Waals surface area contributed by atoms with Crippen LogP contribution in [0.5, 0.6) is 0 Å². The van der Waals surface area contributed by atoms with Crippen LogP contribution in [-0.2, 0) is 5.54 Å².